The van der Waals surface area contributed by atoms with Gasteiger partial charge in [0.1, 0.15) is 0 Å². The first-order valence-corrected chi connectivity index (χ1v) is 11.9. The minimum atomic E-state index is 0. The van der Waals surface area contributed by atoms with Gasteiger partial charge in [0.2, 0.25) is 0 Å². The molecular formula is C26H54. The summed E-state index contributed by atoms with van der Waals surface area (Å²) in [6, 6.07) is 0. The molecule has 0 aromatic carbocycles. The van der Waals surface area contributed by atoms with Gasteiger partial charge in [-0.2, -0.15) is 0 Å². The number of rotatable bonds is 2. The van der Waals surface area contributed by atoms with E-state index in [9.17, 15) is 0 Å². The lowest BCUT2D eigenvalue weighted by Gasteiger charge is -2.26. The van der Waals surface area contributed by atoms with Crippen LogP contribution in [0.25, 0.3) is 0 Å². The first kappa shape index (κ1) is 26.0. The molecule has 0 N–H and O–H groups in total. The molecule has 158 valence electrons. The summed E-state index contributed by atoms with van der Waals surface area (Å²) in [5, 5.41) is 0. The molecule has 0 nitrogen and oxygen atoms in total. The molecule has 0 aromatic rings. The Balaban J connectivity index is 0.000000359. The van der Waals surface area contributed by atoms with Crippen molar-refractivity contribution in [2.75, 3.05) is 0 Å². The summed E-state index contributed by atoms with van der Waals surface area (Å²) >= 11 is 0. The normalized spacial score (nSPS) is 36.7. The Morgan fingerprint density at radius 3 is 0.923 bits per heavy atom. The second-order valence-corrected chi connectivity index (χ2v) is 10.1. The van der Waals surface area contributed by atoms with E-state index in [4.69, 9.17) is 0 Å². The van der Waals surface area contributed by atoms with Crippen LogP contribution in [-0.2, 0) is 0 Å². The summed E-state index contributed by atoms with van der Waals surface area (Å²) in [7, 11) is 0. The molecule has 3 aliphatic carbocycles. The standard InChI is InChI=1S/C10H20.C8H16.C7H14.CH4/c1-3-9-5-7-10(4-2)8-6-9;1-7-3-5-8(2)6-4-7;1-6-3-4-7(2)5-6;/h9-10H,3-8H2,1-2H3;7-8H,3-6H2,1-2H3;6-7H,3-5H2,1-2H3;1H4. The molecule has 0 aromatic heterocycles. The van der Waals surface area contributed by atoms with Crippen LogP contribution in [0.2, 0.25) is 0 Å². The fourth-order valence-corrected chi connectivity index (χ4v) is 4.97. The van der Waals surface area contributed by atoms with E-state index in [-0.39, 0.29) is 7.43 Å². The van der Waals surface area contributed by atoms with Crippen LogP contribution in [-0.4, -0.2) is 0 Å². The molecule has 3 aliphatic rings. The van der Waals surface area contributed by atoms with E-state index in [0.29, 0.717) is 0 Å². The quantitative estimate of drug-likeness (QED) is 0.456. The van der Waals surface area contributed by atoms with Gasteiger partial charge in [-0.1, -0.05) is 126 Å². The Bertz CT molecular complexity index is 261. The van der Waals surface area contributed by atoms with E-state index < -0.39 is 0 Å². The summed E-state index contributed by atoms with van der Waals surface area (Å²) in [4.78, 5) is 0. The van der Waals surface area contributed by atoms with Crippen molar-refractivity contribution in [1.29, 1.82) is 0 Å². The van der Waals surface area contributed by atoms with Gasteiger partial charge < -0.3 is 0 Å². The second-order valence-electron chi connectivity index (χ2n) is 10.1. The average molecular weight is 367 g/mol. The van der Waals surface area contributed by atoms with Crippen LogP contribution in [0.1, 0.15) is 132 Å². The Kier molecular flexibility index (Phi) is 15.0. The van der Waals surface area contributed by atoms with E-state index >= 15 is 0 Å². The Morgan fingerprint density at radius 2 is 0.731 bits per heavy atom. The zero-order valence-corrected chi connectivity index (χ0v) is 18.7. The van der Waals surface area contributed by atoms with Gasteiger partial charge in [-0.15, -0.1) is 0 Å². The van der Waals surface area contributed by atoms with Crippen LogP contribution in [0, 0.1) is 35.5 Å². The van der Waals surface area contributed by atoms with Crippen LogP contribution in [0.4, 0.5) is 0 Å². The Hall–Kier alpha value is 0. The van der Waals surface area contributed by atoms with Crippen molar-refractivity contribution in [2.24, 2.45) is 35.5 Å². The van der Waals surface area contributed by atoms with Crippen molar-refractivity contribution in [1.82, 2.24) is 0 Å². The van der Waals surface area contributed by atoms with Crippen molar-refractivity contribution in [3.8, 4) is 0 Å². The zero-order chi connectivity index (χ0) is 18.7. The van der Waals surface area contributed by atoms with Gasteiger partial charge >= 0.3 is 0 Å². The Morgan fingerprint density at radius 1 is 0.462 bits per heavy atom. The first-order valence-electron chi connectivity index (χ1n) is 11.9. The lowest BCUT2D eigenvalue weighted by Crippen LogP contribution is -2.12. The van der Waals surface area contributed by atoms with Gasteiger partial charge in [0.25, 0.3) is 0 Å². The molecule has 0 spiro atoms. The summed E-state index contributed by atoms with van der Waals surface area (Å²) in [6.45, 7) is 14.1. The van der Waals surface area contributed by atoms with E-state index in [1.165, 1.54) is 83.5 Å². The van der Waals surface area contributed by atoms with Gasteiger partial charge in [-0.3, -0.25) is 0 Å². The largest absolute Gasteiger partial charge is 0.0776 e. The van der Waals surface area contributed by atoms with Gasteiger partial charge in [0.15, 0.2) is 0 Å². The van der Waals surface area contributed by atoms with E-state index in [1.54, 1.807) is 0 Å². The summed E-state index contributed by atoms with van der Waals surface area (Å²) in [5.74, 6) is 6.23. The molecule has 3 rings (SSSR count). The molecule has 2 unspecified atom stereocenters. The minimum Gasteiger partial charge on any atom is -0.0776 e. The molecule has 3 fully saturated rings. The SMILES string of the molecule is C.CC1CCC(C)C1.CC1CCC(C)CC1.CCC1CCC(CC)CC1. The maximum absolute atomic E-state index is 2.37. The molecule has 0 bridgehead atoms. The smallest absolute Gasteiger partial charge is 0.0417 e. The first-order chi connectivity index (χ1) is 11.9. The fraction of sp³-hybridized carbons (Fsp3) is 1.00. The monoisotopic (exact) mass is 366 g/mol. The van der Waals surface area contributed by atoms with Gasteiger partial charge in [-0.25, -0.2) is 0 Å². The van der Waals surface area contributed by atoms with Gasteiger partial charge in [0, 0.05) is 0 Å². The predicted octanol–water partition coefficient (Wildman–Crippen LogP) is 9.52. The summed E-state index contributed by atoms with van der Waals surface area (Å²) in [5.41, 5.74) is 0. The minimum absolute atomic E-state index is 0. The molecule has 3 saturated carbocycles. The molecule has 0 heterocycles. The molecule has 2 atom stereocenters. The van der Waals surface area contributed by atoms with Crippen LogP contribution in [0.3, 0.4) is 0 Å². The van der Waals surface area contributed by atoms with E-state index in [2.05, 4.69) is 41.5 Å². The van der Waals surface area contributed by atoms with Crippen molar-refractivity contribution in [3.05, 3.63) is 0 Å². The molecular weight excluding hydrogens is 312 g/mol. The van der Waals surface area contributed by atoms with Crippen molar-refractivity contribution in [2.45, 2.75) is 132 Å². The highest BCUT2D eigenvalue weighted by atomic mass is 14.2. The van der Waals surface area contributed by atoms with Crippen molar-refractivity contribution >= 4 is 0 Å². The highest BCUT2D eigenvalue weighted by Crippen LogP contribution is 2.32. The van der Waals surface area contributed by atoms with Crippen LogP contribution >= 0.6 is 0 Å². The van der Waals surface area contributed by atoms with Crippen LogP contribution < -0.4 is 0 Å². The molecule has 0 heteroatoms. The molecule has 0 saturated heterocycles. The fourth-order valence-electron chi connectivity index (χ4n) is 4.97. The number of hydrogen-bond donors (Lipinski definition) is 0. The lowest BCUT2D eigenvalue weighted by molar-refractivity contribution is 0.264. The molecule has 0 aliphatic heterocycles. The highest BCUT2D eigenvalue weighted by Gasteiger charge is 2.18. The Labute approximate surface area is 168 Å². The third-order valence-corrected chi connectivity index (χ3v) is 7.38. The number of hydrogen-bond acceptors (Lipinski definition) is 0. The second kappa shape index (κ2) is 15.0. The zero-order valence-electron chi connectivity index (χ0n) is 18.7. The molecule has 26 heavy (non-hydrogen) atoms. The third kappa shape index (κ3) is 11.7. The maximum atomic E-state index is 2.37. The van der Waals surface area contributed by atoms with Crippen molar-refractivity contribution in [3.63, 3.8) is 0 Å². The summed E-state index contributed by atoms with van der Waals surface area (Å²) < 4.78 is 0. The predicted molar refractivity (Wildman–Crippen MR) is 122 cm³/mol. The topological polar surface area (TPSA) is 0 Å². The molecule has 0 radical (unpaired) electrons. The van der Waals surface area contributed by atoms with E-state index in [0.717, 1.165) is 35.5 Å². The van der Waals surface area contributed by atoms with Crippen LogP contribution in [0.15, 0.2) is 0 Å². The molecule has 0 amide bonds. The van der Waals surface area contributed by atoms with Crippen LogP contribution in [0.5, 0.6) is 0 Å². The lowest BCUT2D eigenvalue weighted by atomic mass is 9.80. The van der Waals surface area contributed by atoms with Gasteiger partial charge in [0.05, 0.1) is 0 Å². The van der Waals surface area contributed by atoms with Gasteiger partial charge in [-0.05, 0) is 41.9 Å². The third-order valence-electron chi connectivity index (χ3n) is 7.38. The summed E-state index contributed by atoms with van der Waals surface area (Å²) in [6.07, 6.45) is 19.2. The average Bonchev–Trinajstić information content (AvgIpc) is 3.01. The van der Waals surface area contributed by atoms with Crippen molar-refractivity contribution < 1.29 is 0 Å². The van der Waals surface area contributed by atoms with E-state index in [1.807, 2.05) is 0 Å². The highest BCUT2D eigenvalue weighted by molar-refractivity contribution is 4.70. The maximum Gasteiger partial charge on any atom is -0.0417 e.